The molecule has 2 rings (SSSR count). The van der Waals surface area contributed by atoms with Crippen LogP contribution in [0.3, 0.4) is 0 Å². The summed E-state index contributed by atoms with van der Waals surface area (Å²) in [5.74, 6) is 0.744. The van der Waals surface area contributed by atoms with Crippen molar-refractivity contribution in [3.63, 3.8) is 0 Å². The van der Waals surface area contributed by atoms with Crippen molar-refractivity contribution in [2.24, 2.45) is 0 Å². The van der Waals surface area contributed by atoms with Gasteiger partial charge in [0.2, 0.25) is 0 Å². The van der Waals surface area contributed by atoms with Gasteiger partial charge in [0.05, 0.1) is 30.5 Å². The van der Waals surface area contributed by atoms with Crippen molar-refractivity contribution in [3.8, 4) is 11.5 Å². The SMILES string of the molecule is COc1cc(OC)c(NC(=O)NCCc2cccc(C(F)(F)F)c2)cc1Cl. The van der Waals surface area contributed by atoms with E-state index in [1.54, 1.807) is 6.07 Å². The largest absolute Gasteiger partial charge is 0.495 e. The van der Waals surface area contributed by atoms with E-state index >= 15 is 0 Å². The molecule has 0 aliphatic rings. The van der Waals surface area contributed by atoms with Crippen molar-refractivity contribution in [1.82, 2.24) is 5.32 Å². The summed E-state index contributed by atoms with van der Waals surface area (Å²) < 4.78 is 48.4. The monoisotopic (exact) mass is 402 g/mol. The number of carbonyl (C=O) groups excluding carboxylic acids is 1. The van der Waals surface area contributed by atoms with Crippen LogP contribution >= 0.6 is 11.6 Å². The second-order valence-electron chi connectivity index (χ2n) is 5.52. The Morgan fingerprint density at radius 1 is 1.11 bits per heavy atom. The molecule has 0 unspecified atom stereocenters. The topological polar surface area (TPSA) is 59.6 Å². The lowest BCUT2D eigenvalue weighted by Gasteiger charge is -2.14. The van der Waals surface area contributed by atoms with Crippen LogP contribution in [0.4, 0.5) is 23.7 Å². The van der Waals surface area contributed by atoms with Crippen LogP contribution in [0.2, 0.25) is 5.02 Å². The lowest BCUT2D eigenvalue weighted by atomic mass is 10.1. The van der Waals surface area contributed by atoms with Crippen LogP contribution in [0, 0.1) is 0 Å². The van der Waals surface area contributed by atoms with Crippen molar-refractivity contribution in [2.45, 2.75) is 12.6 Å². The Morgan fingerprint density at radius 2 is 1.81 bits per heavy atom. The van der Waals surface area contributed by atoms with Crippen LogP contribution in [-0.2, 0) is 12.6 Å². The van der Waals surface area contributed by atoms with Gasteiger partial charge in [-0.2, -0.15) is 13.2 Å². The van der Waals surface area contributed by atoms with Crippen molar-refractivity contribution >= 4 is 23.3 Å². The average Bonchev–Trinajstić information content (AvgIpc) is 2.61. The van der Waals surface area contributed by atoms with Gasteiger partial charge in [0.15, 0.2) is 0 Å². The van der Waals surface area contributed by atoms with Crippen molar-refractivity contribution in [1.29, 1.82) is 0 Å². The van der Waals surface area contributed by atoms with Crippen LogP contribution in [0.1, 0.15) is 11.1 Å². The number of nitrogens with one attached hydrogen (secondary N) is 2. The number of urea groups is 1. The highest BCUT2D eigenvalue weighted by molar-refractivity contribution is 6.32. The summed E-state index contributed by atoms with van der Waals surface area (Å²) in [6, 6.07) is 7.44. The molecular weight excluding hydrogens is 385 g/mol. The molecule has 0 aliphatic carbocycles. The first-order valence-corrected chi connectivity index (χ1v) is 8.25. The van der Waals surface area contributed by atoms with Crippen LogP contribution in [0.15, 0.2) is 36.4 Å². The van der Waals surface area contributed by atoms with E-state index in [0.717, 1.165) is 12.1 Å². The Kier molecular flexibility index (Phi) is 6.79. The van der Waals surface area contributed by atoms with Crippen molar-refractivity contribution in [3.05, 3.63) is 52.5 Å². The second-order valence-corrected chi connectivity index (χ2v) is 5.92. The number of alkyl halides is 3. The Bertz CT molecular complexity index is 813. The first kappa shape index (κ1) is 20.7. The maximum Gasteiger partial charge on any atom is 0.416 e. The van der Waals surface area contributed by atoms with Crippen LogP contribution in [0.25, 0.3) is 0 Å². The Balaban J connectivity index is 1.95. The molecule has 2 aromatic rings. The molecule has 0 saturated carbocycles. The van der Waals surface area contributed by atoms with Crippen LogP contribution < -0.4 is 20.1 Å². The molecular formula is C18H18ClF3N2O3. The number of rotatable bonds is 6. The number of amides is 2. The highest BCUT2D eigenvalue weighted by Gasteiger charge is 2.30. The Labute approximate surface area is 159 Å². The van der Waals surface area contributed by atoms with Crippen molar-refractivity contribution < 1.29 is 27.4 Å². The van der Waals surface area contributed by atoms with Gasteiger partial charge in [-0.25, -0.2) is 4.79 Å². The summed E-state index contributed by atoms with van der Waals surface area (Å²) in [4.78, 5) is 12.0. The summed E-state index contributed by atoms with van der Waals surface area (Å²) in [6.07, 6.45) is -4.15. The second kappa shape index (κ2) is 8.85. The van der Waals surface area contributed by atoms with Gasteiger partial charge in [-0.3, -0.25) is 0 Å². The van der Waals surface area contributed by atoms with Gasteiger partial charge in [-0.15, -0.1) is 0 Å². The molecule has 0 radical (unpaired) electrons. The summed E-state index contributed by atoms with van der Waals surface area (Å²) in [6.45, 7) is 0.152. The Hall–Kier alpha value is -2.61. The zero-order valence-electron chi connectivity index (χ0n) is 14.6. The third kappa shape index (κ3) is 5.68. The molecule has 5 nitrogen and oxygen atoms in total. The predicted molar refractivity (Wildman–Crippen MR) is 96.7 cm³/mol. The zero-order valence-corrected chi connectivity index (χ0v) is 15.4. The maximum atomic E-state index is 12.7. The third-order valence-corrected chi connectivity index (χ3v) is 3.97. The van der Waals surface area contributed by atoms with Gasteiger partial charge in [0, 0.05) is 12.6 Å². The highest BCUT2D eigenvalue weighted by Crippen LogP contribution is 2.35. The van der Waals surface area contributed by atoms with E-state index in [1.807, 2.05) is 0 Å². The van der Waals surface area contributed by atoms with E-state index in [9.17, 15) is 18.0 Å². The highest BCUT2D eigenvalue weighted by atomic mass is 35.5. The van der Waals surface area contributed by atoms with E-state index in [2.05, 4.69) is 10.6 Å². The molecule has 0 aromatic heterocycles. The van der Waals surface area contributed by atoms with Gasteiger partial charge in [-0.05, 0) is 24.1 Å². The van der Waals surface area contributed by atoms with Gasteiger partial charge in [0.1, 0.15) is 11.5 Å². The fourth-order valence-corrected chi connectivity index (χ4v) is 2.59. The van der Waals surface area contributed by atoms with E-state index in [4.69, 9.17) is 21.1 Å². The minimum absolute atomic E-state index is 0.152. The standard InChI is InChI=1S/C18H18ClF3N2O3/c1-26-15-10-16(27-2)14(9-13(15)19)24-17(25)23-7-6-11-4-3-5-12(8-11)18(20,21)22/h3-5,8-10H,6-7H2,1-2H3,(H2,23,24,25). The number of halogens is 4. The Morgan fingerprint density at radius 3 is 2.44 bits per heavy atom. The molecule has 2 amide bonds. The molecule has 0 bridgehead atoms. The first-order chi connectivity index (χ1) is 12.7. The normalized spacial score (nSPS) is 11.0. The lowest BCUT2D eigenvalue weighted by molar-refractivity contribution is -0.137. The number of hydrogen-bond donors (Lipinski definition) is 2. The molecule has 2 aromatic carbocycles. The van der Waals surface area contributed by atoms with E-state index in [0.29, 0.717) is 22.7 Å². The number of methoxy groups -OCH3 is 2. The maximum absolute atomic E-state index is 12.7. The number of carbonyl (C=O) groups is 1. The molecule has 9 heteroatoms. The summed E-state index contributed by atoms with van der Waals surface area (Å²) >= 11 is 6.03. The average molecular weight is 403 g/mol. The van der Waals surface area contributed by atoms with Crippen molar-refractivity contribution in [2.75, 3.05) is 26.1 Å². The minimum Gasteiger partial charge on any atom is -0.495 e. The molecule has 0 saturated heterocycles. The fourth-order valence-electron chi connectivity index (χ4n) is 2.35. The van der Waals surface area contributed by atoms with E-state index < -0.39 is 17.8 Å². The smallest absolute Gasteiger partial charge is 0.416 e. The summed E-state index contributed by atoms with van der Waals surface area (Å²) in [5, 5.41) is 5.45. The minimum atomic E-state index is -4.40. The van der Waals surface area contributed by atoms with Gasteiger partial charge < -0.3 is 20.1 Å². The van der Waals surface area contributed by atoms with E-state index in [1.165, 1.54) is 32.4 Å². The molecule has 0 heterocycles. The summed E-state index contributed by atoms with van der Waals surface area (Å²) in [7, 11) is 2.88. The summed E-state index contributed by atoms with van der Waals surface area (Å²) in [5.41, 5.74) is 0.0807. The number of hydrogen-bond acceptors (Lipinski definition) is 3. The molecule has 0 spiro atoms. The predicted octanol–water partition coefficient (Wildman–Crippen LogP) is 4.74. The fraction of sp³-hybridized carbons (Fsp3) is 0.278. The van der Waals surface area contributed by atoms with Gasteiger partial charge >= 0.3 is 12.2 Å². The zero-order chi connectivity index (χ0) is 20.0. The van der Waals surface area contributed by atoms with Gasteiger partial charge in [0.25, 0.3) is 0 Å². The molecule has 146 valence electrons. The van der Waals surface area contributed by atoms with Gasteiger partial charge in [-0.1, -0.05) is 29.8 Å². The van der Waals surface area contributed by atoms with Crippen LogP contribution in [-0.4, -0.2) is 26.8 Å². The number of anilines is 1. The molecule has 0 fully saturated rings. The lowest BCUT2D eigenvalue weighted by Crippen LogP contribution is -2.30. The van der Waals surface area contributed by atoms with E-state index in [-0.39, 0.29) is 18.0 Å². The molecule has 0 aliphatic heterocycles. The quantitative estimate of drug-likeness (QED) is 0.733. The first-order valence-electron chi connectivity index (χ1n) is 7.87. The number of benzene rings is 2. The molecule has 0 atom stereocenters. The molecule has 2 N–H and O–H groups in total. The van der Waals surface area contributed by atoms with Crippen LogP contribution in [0.5, 0.6) is 11.5 Å². The third-order valence-electron chi connectivity index (χ3n) is 3.68. The number of ether oxygens (including phenoxy) is 2. The molecule has 27 heavy (non-hydrogen) atoms.